The lowest BCUT2D eigenvalue weighted by Crippen LogP contribution is -2.26. The maximum atomic E-state index is 13.6. The molecule has 8 heteroatoms. The SMILES string of the molecule is Cn1cc(N2CC[C@@H](Nc3ncnc4cc(F)c(F)cc34)C2)cn1. The van der Waals surface area contributed by atoms with Crippen LogP contribution in [0.15, 0.2) is 30.9 Å². The third-order valence-corrected chi connectivity index (χ3v) is 4.26. The monoisotopic (exact) mass is 330 g/mol. The van der Waals surface area contributed by atoms with Crippen molar-refractivity contribution in [3.05, 3.63) is 42.5 Å². The number of anilines is 2. The fourth-order valence-corrected chi connectivity index (χ4v) is 3.04. The summed E-state index contributed by atoms with van der Waals surface area (Å²) < 4.78 is 28.7. The van der Waals surface area contributed by atoms with Crippen molar-refractivity contribution < 1.29 is 8.78 Å². The first-order chi connectivity index (χ1) is 11.6. The molecule has 2 aromatic heterocycles. The molecule has 24 heavy (non-hydrogen) atoms. The first-order valence-electron chi connectivity index (χ1n) is 7.70. The number of nitrogens with zero attached hydrogens (tertiary/aromatic N) is 5. The fourth-order valence-electron chi connectivity index (χ4n) is 3.04. The van der Waals surface area contributed by atoms with Crippen molar-refractivity contribution in [2.24, 2.45) is 7.05 Å². The normalized spacial score (nSPS) is 17.6. The van der Waals surface area contributed by atoms with Gasteiger partial charge in [0.2, 0.25) is 0 Å². The standard InChI is InChI=1S/C16H16F2N6/c1-23-8-11(6-21-23)24-3-2-10(7-24)22-16-12-4-13(17)14(18)5-15(12)19-9-20-16/h4-6,8-10H,2-3,7H2,1H3,(H,19,20,22)/t10-/m1/s1. The number of hydrogen-bond donors (Lipinski definition) is 1. The van der Waals surface area contributed by atoms with Gasteiger partial charge in [0.1, 0.15) is 12.1 Å². The van der Waals surface area contributed by atoms with Crippen LogP contribution in [-0.4, -0.2) is 38.9 Å². The number of hydrogen-bond acceptors (Lipinski definition) is 5. The molecule has 3 heterocycles. The molecule has 1 fully saturated rings. The van der Waals surface area contributed by atoms with E-state index in [4.69, 9.17) is 0 Å². The lowest BCUT2D eigenvalue weighted by Gasteiger charge is -2.17. The van der Waals surface area contributed by atoms with Crippen molar-refractivity contribution in [2.75, 3.05) is 23.3 Å². The van der Waals surface area contributed by atoms with Gasteiger partial charge >= 0.3 is 0 Å². The summed E-state index contributed by atoms with van der Waals surface area (Å²) in [5, 5.41) is 8.00. The molecule has 3 aromatic rings. The lowest BCUT2D eigenvalue weighted by molar-refractivity contribution is 0.510. The number of benzene rings is 1. The van der Waals surface area contributed by atoms with E-state index < -0.39 is 11.6 Å². The summed E-state index contributed by atoms with van der Waals surface area (Å²) in [6.45, 7) is 1.69. The molecule has 0 unspecified atom stereocenters. The van der Waals surface area contributed by atoms with Crippen LogP contribution in [0, 0.1) is 11.6 Å². The van der Waals surface area contributed by atoms with Gasteiger partial charge in [-0.2, -0.15) is 5.10 Å². The number of fused-ring (bicyclic) bond motifs is 1. The molecule has 0 radical (unpaired) electrons. The summed E-state index contributed by atoms with van der Waals surface area (Å²) in [6.07, 6.45) is 6.08. The molecule has 0 aliphatic carbocycles. The molecule has 0 saturated carbocycles. The average Bonchev–Trinajstić information content (AvgIpc) is 3.18. The zero-order valence-electron chi connectivity index (χ0n) is 13.1. The van der Waals surface area contributed by atoms with Gasteiger partial charge < -0.3 is 10.2 Å². The molecule has 1 aliphatic heterocycles. The number of nitrogens with one attached hydrogen (secondary N) is 1. The van der Waals surface area contributed by atoms with E-state index in [2.05, 4.69) is 25.3 Å². The van der Waals surface area contributed by atoms with Crippen molar-refractivity contribution in [1.82, 2.24) is 19.7 Å². The zero-order chi connectivity index (χ0) is 16.7. The van der Waals surface area contributed by atoms with Crippen LogP contribution in [0.25, 0.3) is 10.9 Å². The molecule has 0 bridgehead atoms. The highest BCUT2D eigenvalue weighted by Gasteiger charge is 2.24. The van der Waals surface area contributed by atoms with E-state index in [1.807, 2.05) is 19.4 Å². The van der Waals surface area contributed by atoms with Crippen LogP contribution in [0.2, 0.25) is 0 Å². The number of halogens is 2. The van der Waals surface area contributed by atoms with Crippen LogP contribution >= 0.6 is 0 Å². The Morgan fingerprint density at radius 3 is 2.83 bits per heavy atom. The van der Waals surface area contributed by atoms with Gasteiger partial charge in [-0.05, 0) is 12.5 Å². The molecule has 0 spiro atoms. The number of rotatable bonds is 3. The van der Waals surface area contributed by atoms with Crippen molar-refractivity contribution in [3.8, 4) is 0 Å². The first kappa shape index (κ1) is 14.8. The van der Waals surface area contributed by atoms with E-state index in [0.717, 1.165) is 37.3 Å². The van der Waals surface area contributed by atoms with Crippen LogP contribution < -0.4 is 10.2 Å². The Labute approximate surface area is 137 Å². The quantitative estimate of drug-likeness (QED) is 0.799. The Kier molecular flexibility index (Phi) is 3.51. The maximum absolute atomic E-state index is 13.6. The zero-order valence-corrected chi connectivity index (χ0v) is 13.1. The van der Waals surface area contributed by atoms with Crippen molar-refractivity contribution in [3.63, 3.8) is 0 Å². The Hall–Kier alpha value is -2.77. The summed E-state index contributed by atoms with van der Waals surface area (Å²) in [5.74, 6) is -1.28. The molecule has 0 amide bonds. The fraction of sp³-hybridized carbons (Fsp3) is 0.312. The Balaban J connectivity index is 1.56. The second-order valence-electron chi connectivity index (χ2n) is 5.95. The van der Waals surface area contributed by atoms with Crippen molar-refractivity contribution in [1.29, 1.82) is 0 Å². The van der Waals surface area contributed by atoms with E-state index in [9.17, 15) is 8.78 Å². The minimum absolute atomic E-state index is 0.163. The van der Waals surface area contributed by atoms with Crippen LogP contribution in [0.5, 0.6) is 0 Å². The van der Waals surface area contributed by atoms with Crippen LogP contribution in [0.4, 0.5) is 20.3 Å². The van der Waals surface area contributed by atoms with E-state index in [0.29, 0.717) is 16.7 Å². The molecule has 6 nitrogen and oxygen atoms in total. The highest BCUT2D eigenvalue weighted by Crippen LogP contribution is 2.26. The van der Waals surface area contributed by atoms with Gasteiger partial charge in [0.05, 0.1) is 17.4 Å². The van der Waals surface area contributed by atoms with Crippen LogP contribution in [0.3, 0.4) is 0 Å². The number of aryl methyl sites for hydroxylation is 1. The van der Waals surface area contributed by atoms with E-state index in [1.54, 1.807) is 4.68 Å². The van der Waals surface area contributed by atoms with E-state index >= 15 is 0 Å². The summed E-state index contributed by atoms with van der Waals surface area (Å²) in [5.41, 5.74) is 1.45. The summed E-state index contributed by atoms with van der Waals surface area (Å²) in [4.78, 5) is 10.4. The topological polar surface area (TPSA) is 58.9 Å². The van der Waals surface area contributed by atoms with E-state index in [-0.39, 0.29) is 6.04 Å². The first-order valence-corrected chi connectivity index (χ1v) is 7.70. The minimum atomic E-state index is -0.907. The average molecular weight is 330 g/mol. The van der Waals surface area contributed by atoms with E-state index in [1.165, 1.54) is 6.33 Å². The second kappa shape index (κ2) is 5.70. The molecule has 124 valence electrons. The van der Waals surface area contributed by atoms with Gasteiger partial charge in [-0.3, -0.25) is 4.68 Å². The maximum Gasteiger partial charge on any atom is 0.161 e. The molecule has 1 N–H and O–H groups in total. The molecule has 1 aromatic carbocycles. The molecule has 4 rings (SSSR count). The largest absolute Gasteiger partial charge is 0.367 e. The predicted molar refractivity (Wildman–Crippen MR) is 86.9 cm³/mol. The van der Waals surface area contributed by atoms with Gasteiger partial charge in [-0.1, -0.05) is 0 Å². The summed E-state index contributed by atoms with van der Waals surface area (Å²) >= 11 is 0. The Morgan fingerprint density at radius 2 is 2.04 bits per heavy atom. The van der Waals surface area contributed by atoms with Crippen molar-refractivity contribution in [2.45, 2.75) is 12.5 Å². The van der Waals surface area contributed by atoms with Gasteiger partial charge in [-0.15, -0.1) is 0 Å². The van der Waals surface area contributed by atoms with Gasteiger partial charge in [0.25, 0.3) is 0 Å². The van der Waals surface area contributed by atoms with Crippen LogP contribution in [-0.2, 0) is 7.05 Å². The third-order valence-electron chi connectivity index (χ3n) is 4.26. The molecule has 1 saturated heterocycles. The smallest absolute Gasteiger partial charge is 0.161 e. The second-order valence-corrected chi connectivity index (χ2v) is 5.95. The summed E-state index contributed by atoms with van der Waals surface area (Å²) in [7, 11) is 1.88. The highest BCUT2D eigenvalue weighted by atomic mass is 19.2. The molecular formula is C16H16F2N6. The lowest BCUT2D eigenvalue weighted by atomic mass is 10.2. The molecule has 1 aliphatic rings. The van der Waals surface area contributed by atoms with Gasteiger partial charge in [0, 0.05) is 43.8 Å². The predicted octanol–water partition coefficient (Wildman–Crippen LogP) is 2.33. The molecular weight excluding hydrogens is 314 g/mol. The highest BCUT2D eigenvalue weighted by molar-refractivity contribution is 5.89. The Bertz CT molecular complexity index is 893. The van der Waals surface area contributed by atoms with Crippen molar-refractivity contribution >= 4 is 22.4 Å². The Morgan fingerprint density at radius 1 is 1.21 bits per heavy atom. The molecule has 1 atom stereocenters. The third kappa shape index (κ3) is 2.64. The number of aromatic nitrogens is 4. The summed E-state index contributed by atoms with van der Waals surface area (Å²) in [6, 6.07) is 2.39. The van der Waals surface area contributed by atoms with Crippen LogP contribution in [0.1, 0.15) is 6.42 Å². The minimum Gasteiger partial charge on any atom is -0.367 e. The van der Waals surface area contributed by atoms with Gasteiger partial charge in [-0.25, -0.2) is 18.7 Å². The van der Waals surface area contributed by atoms with Gasteiger partial charge in [0.15, 0.2) is 11.6 Å².